The second-order valence-corrected chi connectivity index (χ2v) is 9.10. The van der Waals surface area contributed by atoms with E-state index in [4.69, 9.17) is 14.2 Å². The summed E-state index contributed by atoms with van der Waals surface area (Å²) in [7, 11) is -0.116. The number of para-hydroxylation sites is 2. The van der Waals surface area contributed by atoms with Crippen LogP contribution >= 0.6 is 0 Å². The zero-order chi connectivity index (χ0) is 19.8. The highest BCUT2D eigenvalue weighted by molar-refractivity contribution is 7.89. The Hall–Kier alpha value is -2.29. The number of likely N-dealkylation sites (N-methyl/N-ethyl adjacent to an activating group) is 1. The summed E-state index contributed by atoms with van der Waals surface area (Å²) in [5.41, 5.74) is 0.240. The summed E-state index contributed by atoms with van der Waals surface area (Å²) in [5.74, 6) is 1.40. The van der Waals surface area contributed by atoms with Gasteiger partial charge >= 0.3 is 0 Å². The Labute approximate surface area is 165 Å². The van der Waals surface area contributed by atoms with Crippen molar-refractivity contribution in [2.75, 3.05) is 51.9 Å². The molecule has 0 N–H and O–H groups in total. The van der Waals surface area contributed by atoms with Crippen LogP contribution in [-0.2, 0) is 14.8 Å². The van der Waals surface area contributed by atoms with Crippen LogP contribution in [0.3, 0.4) is 0 Å². The average molecular weight is 404 g/mol. The van der Waals surface area contributed by atoms with Gasteiger partial charge in [0, 0.05) is 20.1 Å². The van der Waals surface area contributed by atoms with Crippen molar-refractivity contribution in [3.8, 4) is 11.5 Å². The van der Waals surface area contributed by atoms with Gasteiger partial charge < -0.3 is 19.1 Å². The molecule has 2 aliphatic rings. The molecule has 0 radical (unpaired) electrons. The minimum atomic E-state index is -3.64. The Kier molecular flexibility index (Phi) is 4.95. The molecule has 2 heterocycles. The van der Waals surface area contributed by atoms with Gasteiger partial charge in [0.15, 0.2) is 0 Å². The standard InChI is InChI=1S/C20H24N2O5S/c1-21-13-20(15-26-19-6-4-3-5-18(19)21)14-22(11-12-27-20)28(23,24)17-9-7-16(25-2)8-10-17/h3-10H,11-15H2,1-2H3. The topological polar surface area (TPSA) is 68.3 Å². The van der Waals surface area contributed by atoms with Crippen LogP contribution in [0.1, 0.15) is 0 Å². The van der Waals surface area contributed by atoms with Crippen LogP contribution in [0.2, 0.25) is 0 Å². The normalized spacial score (nSPS) is 23.0. The van der Waals surface area contributed by atoms with Crippen LogP contribution in [0.4, 0.5) is 5.69 Å². The molecule has 0 saturated carbocycles. The van der Waals surface area contributed by atoms with Crippen LogP contribution in [-0.4, -0.2) is 65.3 Å². The Morgan fingerprint density at radius 1 is 1.07 bits per heavy atom. The molecule has 1 fully saturated rings. The molecule has 0 bridgehead atoms. The van der Waals surface area contributed by atoms with Gasteiger partial charge in [0.2, 0.25) is 10.0 Å². The molecule has 0 amide bonds. The fourth-order valence-corrected chi connectivity index (χ4v) is 5.26. The molecular weight excluding hydrogens is 380 g/mol. The average Bonchev–Trinajstić information content (AvgIpc) is 2.85. The second-order valence-electron chi connectivity index (χ2n) is 7.16. The maximum absolute atomic E-state index is 13.2. The summed E-state index contributed by atoms with van der Waals surface area (Å²) < 4.78 is 45.1. The van der Waals surface area contributed by atoms with E-state index >= 15 is 0 Å². The van der Waals surface area contributed by atoms with Crippen molar-refractivity contribution in [1.29, 1.82) is 0 Å². The van der Waals surface area contributed by atoms with E-state index in [2.05, 4.69) is 4.90 Å². The third-order valence-corrected chi connectivity index (χ3v) is 7.06. The first-order valence-corrected chi connectivity index (χ1v) is 10.6. The first-order chi connectivity index (χ1) is 13.4. The maximum atomic E-state index is 13.2. The molecule has 8 heteroatoms. The molecule has 0 aromatic heterocycles. The highest BCUT2D eigenvalue weighted by Crippen LogP contribution is 2.35. The molecule has 1 unspecified atom stereocenters. The van der Waals surface area contributed by atoms with Crippen molar-refractivity contribution in [1.82, 2.24) is 4.31 Å². The number of methoxy groups -OCH3 is 1. The Morgan fingerprint density at radius 2 is 1.82 bits per heavy atom. The monoisotopic (exact) mass is 404 g/mol. The van der Waals surface area contributed by atoms with Gasteiger partial charge in [-0.3, -0.25) is 0 Å². The molecule has 2 aromatic rings. The molecule has 1 saturated heterocycles. The van der Waals surface area contributed by atoms with E-state index in [-0.39, 0.29) is 11.4 Å². The highest BCUT2D eigenvalue weighted by atomic mass is 32.2. The number of rotatable bonds is 3. The number of ether oxygens (including phenoxy) is 3. The van der Waals surface area contributed by atoms with E-state index in [1.807, 2.05) is 31.3 Å². The van der Waals surface area contributed by atoms with E-state index in [1.165, 1.54) is 4.31 Å². The minimum Gasteiger partial charge on any atom is -0.497 e. The molecular formula is C20H24N2O5S. The van der Waals surface area contributed by atoms with Crippen molar-refractivity contribution >= 4 is 15.7 Å². The van der Waals surface area contributed by atoms with Crippen molar-refractivity contribution in [3.63, 3.8) is 0 Å². The van der Waals surface area contributed by atoms with E-state index in [0.29, 0.717) is 32.1 Å². The number of benzene rings is 2. The Balaban J connectivity index is 1.59. The van der Waals surface area contributed by atoms with Gasteiger partial charge in [0.05, 0.1) is 30.8 Å². The summed E-state index contributed by atoms with van der Waals surface area (Å²) in [5, 5.41) is 0. The van der Waals surface area contributed by atoms with Crippen LogP contribution in [0.5, 0.6) is 11.5 Å². The number of anilines is 1. The van der Waals surface area contributed by atoms with E-state index in [0.717, 1.165) is 11.4 Å². The second kappa shape index (κ2) is 7.27. The zero-order valence-corrected chi connectivity index (χ0v) is 16.8. The number of hydrogen-bond acceptors (Lipinski definition) is 6. The lowest BCUT2D eigenvalue weighted by Crippen LogP contribution is -2.60. The van der Waals surface area contributed by atoms with Crippen molar-refractivity contribution in [2.45, 2.75) is 10.5 Å². The third kappa shape index (κ3) is 3.43. The first-order valence-electron chi connectivity index (χ1n) is 9.15. The van der Waals surface area contributed by atoms with Gasteiger partial charge in [-0.25, -0.2) is 8.42 Å². The van der Waals surface area contributed by atoms with Gasteiger partial charge in [-0.2, -0.15) is 4.31 Å². The fourth-order valence-electron chi connectivity index (χ4n) is 3.76. The van der Waals surface area contributed by atoms with Crippen LogP contribution in [0.25, 0.3) is 0 Å². The van der Waals surface area contributed by atoms with Crippen molar-refractivity contribution in [3.05, 3.63) is 48.5 Å². The molecule has 28 heavy (non-hydrogen) atoms. The molecule has 150 valence electrons. The smallest absolute Gasteiger partial charge is 0.243 e. The van der Waals surface area contributed by atoms with E-state index in [1.54, 1.807) is 31.4 Å². The van der Waals surface area contributed by atoms with Crippen LogP contribution in [0, 0.1) is 0 Å². The molecule has 4 rings (SSSR count). The zero-order valence-electron chi connectivity index (χ0n) is 16.0. The number of nitrogens with zero attached hydrogens (tertiary/aromatic N) is 2. The van der Waals surface area contributed by atoms with Gasteiger partial charge in [-0.15, -0.1) is 0 Å². The van der Waals surface area contributed by atoms with Crippen molar-refractivity contribution < 1.29 is 22.6 Å². The van der Waals surface area contributed by atoms with Gasteiger partial charge in [0.25, 0.3) is 0 Å². The number of fused-ring (bicyclic) bond motifs is 1. The summed E-state index contributed by atoms with van der Waals surface area (Å²) in [6, 6.07) is 14.2. The molecule has 7 nitrogen and oxygen atoms in total. The summed E-state index contributed by atoms with van der Waals surface area (Å²) in [6.07, 6.45) is 0. The molecule has 2 aromatic carbocycles. The Morgan fingerprint density at radius 3 is 2.57 bits per heavy atom. The van der Waals surface area contributed by atoms with Crippen LogP contribution in [0.15, 0.2) is 53.4 Å². The van der Waals surface area contributed by atoms with Gasteiger partial charge in [0.1, 0.15) is 23.7 Å². The van der Waals surface area contributed by atoms with Gasteiger partial charge in [-0.1, -0.05) is 12.1 Å². The quantitative estimate of drug-likeness (QED) is 0.779. The molecule has 1 spiro atoms. The number of morpholine rings is 1. The molecule has 2 aliphatic heterocycles. The lowest BCUT2D eigenvalue weighted by atomic mass is 10.0. The first kappa shape index (κ1) is 19.0. The minimum absolute atomic E-state index is 0.236. The predicted octanol–water partition coefficient (Wildman–Crippen LogP) is 1.98. The largest absolute Gasteiger partial charge is 0.497 e. The predicted molar refractivity (Wildman–Crippen MR) is 106 cm³/mol. The molecule has 0 aliphatic carbocycles. The fraction of sp³-hybridized carbons (Fsp3) is 0.400. The Bertz CT molecular complexity index is 947. The van der Waals surface area contributed by atoms with Crippen LogP contribution < -0.4 is 14.4 Å². The van der Waals surface area contributed by atoms with Crippen molar-refractivity contribution in [2.24, 2.45) is 0 Å². The van der Waals surface area contributed by atoms with E-state index < -0.39 is 15.6 Å². The lowest BCUT2D eigenvalue weighted by Gasteiger charge is -2.42. The number of sulfonamides is 1. The van der Waals surface area contributed by atoms with E-state index in [9.17, 15) is 8.42 Å². The summed E-state index contributed by atoms with van der Waals surface area (Å²) >= 11 is 0. The maximum Gasteiger partial charge on any atom is 0.243 e. The third-order valence-electron chi connectivity index (χ3n) is 5.20. The highest BCUT2D eigenvalue weighted by Gasteiger charge is 2.44. The number of hydrogen-bond donors (Lipinski definition) is 0. The van der Waals surface area contributed by atoms with Gasteiger partial charge in [-0.05, 0) is 36.4 Å². The lowest BCUT2D eigenvalue weighted by molar-refractivity contribution is -0.102. The molecule has 1 atom stereocenters. The summed E-state index contributed by atoms with van der Waals surface area (Å²) in [4.78, 5) is 2.31. The summed E-state index contributed by atoms with van der Waals surface area (Å²) in [6.45, 7) is 1.71. The SMILES string of the molecule is COc1ccc(S(=O)(=O)N2CCOC3(COc4ccccc4N(C)C3)C2)cc1.